The fraction of sp³-hybridized carbons (Fsp3) is 0.533. The molecule has 3 heteroatoms. The predicted octanol–water partition coefficient (Wildman–Crippen LogP) is 3.13. The summed E-state index contributed by atoms with van der Waals surface area (Å²) in [5.74, 6) is -0.633. The summed E-state index contributed by atoms with van der Waals surface area (Å²) in [6.07, 6.45) is 3.70. The van der Waals surface area contributed by atoms with Crippen molar-refractivity contribution in [3.8, 4) is 0 Å². The van der Waals surface area contributed by atoms with Gasteiger partial charge >= 0.3 is 0 Å². The molecular weight excluding hydrogens is 229 g/mol. The van der Waals surface area contributed by atoms with E-state index >= 15 is 0 Å². The number of carbonyl (C=O) groups excluding carboxylic acids is 1. The summed E-state index contributed by atoms with van der Waals surface area (Å²) in [7, 11) is 0. The lowest BCUT2D eigenvalue weighted by Gasteiger charge is -2.28. The van der Waals surface area contributed by atoms with E-state index in [-0.39, 0.29) is 17.3 Å². The summed E-state index contributed by atoms with van der Waals surface area (Å²) in [5, 5.41) is 0. The maximum Gasteiger partial charge on any atom is 0.169 e. The molecule has 0 aromatic heterocycles. The number of likely N-dealkylation sites (tertiary alicyclic amines) is 1. The van der Waals surface area contributed by atoms with E-state index < -0.39 is 5.82 Å². The molecule has 1 aliphatic heterocycles. The molecule has 2 nitrogen and oxygen atoms in total. The Balaban J connectivity index is 1.98. The average molecular weight is 249 g/mol. The van der Waals surface area contributed by atoms with Crippen molar-refractivity contribution in [1.82, 2.24) is 4.90 Å². The number of hydrogen-bond donors (Lipinski definition) is 0. The van der Waals surface area contributed by atoms with Gasteiger partial charge in [-0.05, 0) is 38.1 Å². The fourth-order valence-corrected chi connectivity index (χ4v) is 2.54. The Morgan fingerprint density at radius 1 is 1.28 bits per heavy atom. The normalized spacial score (nSPS) is 18.6. The number of Topliss-reactive ketones (excluding diaryl/α,β-unsaturated/α-hetero) is 1. The van der Waals surface area contributed by atoms with E-state index in [1.54, 1.807) is 18.2 Å². The molecular formula is C15H20FNO. The van der Waals surface area contributed by atoms with Crippen LogP contribution < -0.4 is 0 Å². The number of hydrogen-bond acceptors (Lipinski definition) is 2. The van der Waals surface area contributed by atoms with Gasteiger partial charge in [-0.25, -0.2) is 4.39 Å². The van der Waals surface area contributed by atoms with Crippen LogP contribution in [0.25, 0.3) is 0 Å². The van der Waals surface area contributed by atoms with Crippen LogP contribution in [-0.4, -0.2) is 30.3 Å². The third kappa shape index (κ3) is 3.16. The van der Waals surface area contributed by atoms with Crippen molar-refractivity contribution in [2.24, 2.45) is 5.92 Å². The highest BCUT2D eigenvalue weighted by Crippen LogP contribution is 2.16. The van der Waals surface area contributed by atoms with Gasteiger partial charge in [0.05, 0.1) is 5.56 Å². The zero-order valence-corrected chi connectivity index (χ0v) is 10.9. The van der Waals surface area contributed by atoms with Gasteiger partial charge in [-0.2, -0.15) is 0 Å². The summed E-state index contributed by atoms with van der Waals surface area (Å²) in [6.45, 7) is 4.76. The second-order valence-corrected chi connectivity index (χ2v) is 5.11. The van der Waals surface area contributed by atoms with Crippen LogP contribution in [-0.2, 0) is 0 Å². The van der Waals surface area contributed by atoms with Gasteiger partial charge in [0, 0.05) is 12.5 Å². The van der Waals surface area contributed by atoms with Crippen LogP contribution in [0.5, 0.6) is 0 Å². The van der Waals surface area contributed by atoms with E-state index in [9.17, 15) is 9.18 Å². The molecule has 0 aliphatic carbocycles. The van der Waals surface area contributed by atoms with Crippen molar-refractivity contribution in [1.29, 1.82) is 0 Å². The van der Waals surface area contributed by atoms with E-state index in [1.807, 2.05) is 6.92 Å². The zero-order valence-electron chi connectivity index (χ0n) is 10.9. The van der Waals surface area contributed by atoms with Crippen molar-refractivity contribution in [3.05, 3.63) is 35.6 Å². The first-order chi connectivity index (χ1) is 8.68. The van der Waals surface area contributed by atoms with Crippen molar-refractivity contribution >= 4 is 5.78 Å². The maximum atomic E-state index is 13.5. The molecule has 18 heavy (non-hydrogen) atoms. The van der Waals surface area contributed by atoms with Gasteiger partial charge in [-0.1, -0.05) is 25.5 Å². The highest BCUT2D eigenvalue weighted by molar-refractivity contribution is 5.98. The van der Waals surface area contributed by atoms with Crippen LogP contribution in [0.15, 0.2) is 24.3 Å². The van der Waals surface area contributed by atoms with Crippen molar-refractivity contribution in [2.75, 3.05) is 19.6 Å². The Hall–Kier alpha value is -1.22. The molecule has 0 amide bonds. The monoisotopic (exact) mass is 249 g/mol. The van der Waals surface area contributed by atoms with E-state index in [4.69, 9.17) is 0 Å². The van der Waals surface area contributed by atoms with Crippen LogP contribution >= 0.6 is 0 Å². The third-order valence-electron chi connectivity index (χ3n) is 3.57. The second kappa shape index (κ2) is 6.10. The molecule has 1 heterocycles. The SMILES string of the molecule is CC(CN1CCCCC1)C(=O)c1ccccc1F. The van der Waals surface area contributed by atoms with Gasteiger partial charge in [-0.3, -0.25) is 4.79 Å². The Morgan fingerprint density at radius 2 is 1.94 bits per heavy atom. The highest BCUT2D eigenvalue weighted by atomic mass is 19.1. The minimum atomic E-state index is -0.409. The molecule has 0 bridgehead atoms. The molecule has 1 saturated heterocycles. The molecule has 1 aliphatic rings. The summed E-state index contributed by atoms with van der Waals surface area (Å²) in [6, 6.07) is 6.25. The van der Waals surface area contributed by atoms with Gasteiger partial charge in [0.25, 0.3) is 0 Å². The van der Waals surface area contributed by atoms with Crippen molar-refractivity contribution in [2.45, 2.75) is 26.2 Å². The lowest BCUT2D eigenvalue weighted by molar-refractivity contribution is 0.0879. The van der Waals surface area contributed by atoms with E-state index in [1.165, 1.54) is 25.3 Å². The molecule has 1 atom stereocenters. The Bertz CT molecular complexity index is 413. The first-order valence-electron chi connectivity index (χ1n) is 6.69. The summed E-state index contributed by atoms with van der Waals surface area (Å²) >= 11 is 0. The molecule has 0 saturated carbocycles. The average Bonchev–Trinajstić information content (AvgIpc) is 2.39. The number of ketones is 1. The van der Waals surface area contributed by atoms with Crippen molar-refractivity contribution in [3.63, 3.8) is 0 Å². The Kier molecular flexibility index (Phi) is 4.48. The highest BCUT2D eigenvalue weighted by Gasteiger charge is 2.21. The van der Waals surface area contributed by atoms with Gasteiger partial charge in [0.15, 0.2) is 5.78 Å². The third-order valence-corrected chi connectivity index (χ3v) is 3.57. The van der Waals surface area contributed by atoms with E-state index in [0.29, 0.717) is 0 Å². The second-order valence-electron chi connectivity index (χ2n) is 5.11. The van der Waals surface area contributed by atoms with Gasteiger partial charge in [0.1, 0.15) is 5.82 Å². The maximum absolute atomic E-state index is 13.5. The lowest BCUT2D eigenvalue weighted by atomic mass is 9.97. The number of halogens is 1. The molecule has 98 valence electrons. The topological polar surface area (TPSA) is 20.3 Å². The minimum Gasteiger partial charge on any atom is -0.303 e. The number of carbonyl (C=O) groups is 1. The standard InChI is InChI=1S/C15H20FNO/c1-12(11-17-9-5-2-6-10-17)15(18)13-7-3-4-8-14(13)16/h3-4,7-8,12H,2,5-6,9-11H2,1H3. The van der Waals surface area contributed by atoms with Crippen LogP contribution in [0.2, 0.25) is 0 Å². The van der Waals surface area contributed by atoms with Crippen LogP contribution in [0, 0.1) is 11.7 Å². The summed E-state index contributed by atoms with van der Waals surface area (Å²) < 4.78 is 13.5. The zero-order chi connectivity index (χ0) is 13.0. The molecule has 2 rings (SSSR count). The van der Waals surface area contributed by atoms with Gasteiger partial charge in [0.2, 0.25) is 0 Å². The first kappa shape index (κ1) is 13.2. The molecule has 1 unspecified atom stereocenters. The Morgan fingerprint density at radius 3 is 2.61 bits per heavy atom. The summed E-state index contributed by atoms with van der Waals surface area (Å²) in [4.78, 5) is 14.5. The fourth-order valence-electron chi connectivity index (χ4n) is 2.54. The summed E-state index contributed by atoms with van der Waals surface area (Å²) in [5.41, 5.74) is 0.224. The van der Waals surface area contributed by atoms with Gasteiger partial charge < -0.3 is 4.90 Å². The molecule has 0 radical (unpaired) electrons. The number of rotatable bonds is 4. The first-order valence-corrected chi connectivity index (χ1v) is 6.69. The largest absolute Gasteiger partial charge is 0.303 e. The van der Waals surface area contributed by atoms with E-state index in [0.717, 1.165) is 19.6 Å². The lowest BCUT2D eigenvalue weighted by Crippen LogP contribution is -2.36. The van der Waals surface area contributed by atoms with Crippen LogP contribution in [0.3, 0.4) is 0 Å². The van der Waals surface area contributed by atoms with Crippen molar-refractivity contribution < 1.29 is 9.18 Å². The number of piperidine rings is 1. The molecule has 1 fully saturated rings. The molecule has 1 aromatic rings. The molecule has 1 aromatic carbocycles. The number of benzene rings is 1. The quantitative estimate of drug-likeness (QED) is 0.764. The number of nitrogens with zero attached hydrogens (tertiary/aromatic N) is 1. The minimum absolute atomic E-state index is 0.0846. The van der Waals surface area contributed by atoms with Crippen LogP contribution in [0.4, 0.5) is 4.39 Å². The van der Waals surface area contributed by atoms with Gasteiger partial charge in [-0.15, -0.1) is 0 Å². The smallest absolute Gasteiger partial charge is 0.169 e. The van der Waals surface area contributed by atoms with E-state index in [2.05, 4.69) is 4.90 Å². The predicted molar refractivity (Wildman–Crippen MR) is 70.2 cm³/mol. The van der Waals surface area contributed by atoms with Crippen LogP contribution in [0.1, 0.15) is 36.5 Å². The molecule has 0 N–H and O–H groups in total. The Labute approximate surface area is 108 Å². The molecule has 0 spiro atoms.